The fourth-order valence-corrected chi connectivity index (χ4v) is 1.64. The average Bonchev–Trinajstić information content (AvgIpc) is 2.48. The van der Waals surface area contributed by atoms with Crippen molar-refractivity contribution in [3.63, 3.8) is 0 Å². The van der Waals surface area contributed by atoms with Crippen molar-refractivity contribution in [2.45, 2.75) is 6.92 Å². The van der Waals surface area contributed by atoms with Gasteiger partial charge in [0, 0.05) is 11.8 Å². The monoisotopic (exact) mass is 256 g/mol. The summed E-state index contributed by atoms with van der Waals surface area (Å²) < 4.78 is 0. The highest BCUT2D eigenvalue weighted by atomic mass is 16.6. The topological polar surface area (TPSA) is 54.7 Å². The summed E-state index contributed by atoms with van der Waals surface area (Å²) in [7, 11) is 0. The largest absolute Gasteiger partial charge is 0.393 e. The lowest BCUT2D eigenvalue weighted by Gasteiger charge is -2.03. The Labute approximate surface area is 112 Å². The molecular formula is C15H16N2O2. The molecule has 0 aliphatic rings. The van der Waals surface area contributed by atoms with Gasteiger partial charge in [0.05, 0.1) is 12.3 Å². The van der Waals surface area contributed by atoms with Crippen molar-refractivity contribution >= 4 is 5.71 Å². The lowest BCUT2D eigenvalue weighted by Crippen LogP contribution is -2.01. The zero-order chi connectivity index (χ0) is 13.5. The molecule has 0 saturated carbocycles. The number of oxime groups is 1. The number of hydrogen-bond donors (Lipinski definition) is 1. The standard InChI is InChI=1S/C15H16N2O2/c1-12(17-19-10-9-18)15-8-7-14(11-16-15)13-5-3-2-4-6-13/h2-8,11,18H,9-10H2,1H3. The maximum atomic E-state index is 8.60. The summed E-state index contributed by atoms with van der Waals surface area (Å²) in [6, 6.07) is 14.0. The highest BCUT2D eigenvalue weighted by molar-refractivity contribution is 5.96. The predicted octanol–water partition coefficient (Wildman–Crippen LogP) is 2.48. The second-order valence-electron chi connectivity index (χ2n) is 4.03. The van der Waals surface area contributed by atoms with Crippen LogP contribution in [0, 0.1) is 0 Å². The van der Waals surface area contributed by atoms with Crippen LogP contribution in [0.1, 0.15) is 12.6 Å². The van der Waals surface area contributed by atoms with Crippen LogP contribution >= 0.6 is 0 Å². The van der Waals surface area contributed by atoms with Gasteiger partial charge in [-0.1, -0.05) is 41.6 Å². The fourth-order valence-electron chi connectivity index (χ4n) is 1.64. The van der Waals surface area contributed by atoms with Gasteiger partial charge in [-0.2, -0.15) is 0 Å². The first-order chi connectivity index (χ1) is 9.31. The lowest BCUT2D eigenvalue weighted by atomic mass is 10.1. The molecule has 0 aliphatic carbocycles. The number of nitrogens with zero attached hydrogens (tertiary/aromatic N) is 2. The van der Waals surface area contributed by atoms with Gasteiger partial charge in [0.25, 0.3) is 0 Å². The van der Waals surface area contributed by atoms with Crippen molar-refractivity contribution in [3.05, 3.63) is 54.4 Å². The maximum Gasteiger partial charge on any atom is 0.140 e. The van der Waals surface area contributed by atoms with E-state index in [2.05, 4.69) is 10.1 Å². The molecule has 0 aliphatic heterocycles. The first kappa shape index (κ1) is 13.2. The zero-order valence-electron chi connectivity index (χ0n) is 10.8. The fraction of sp³-hybridized carbons (Fsp3) is 0.200. The number of aromatic nitrogens is 1. The Kier molecular flexibility index (Phi) is 4.64. The molecule has 4 nitrogen and oxygen atoms in total. The Bertz CT molecular complexity index is 536. The van der Waals surface area contributed by atoms with Crippen molar-refractivity contribution in [2.24, 2.45) is 5.16 Å². The molecule has 98 valence electrons. The first-order valence-electron chi connectivity index (χ1n) is 6.10. The minimum Gasteiger partial charge on any atom is -0.393 e. The van der Waals surface area contributed by atoms with Gasteiger partial charge in [0.15, 0.2) is 0 Å². The number of pyridine rings is 1. The maximum absolute atomic E-state index is 8.60. The summed E-state index contributed by atoms with van der Waals surface area (Å²) in [6.45, 7) is 1.97. The third-order valence-electron chi connectivity index (χ3n) is 2.63. The van der Waals surface area contributed by atoms with E-state index in [9.17, 15) is 0 Å². The number of hydrogen-bond acceptors (Lipinski definition) is 4. The molecule has 4 heteroatoms. The predicted molar refractivity (Wildman–Crippen MR) is 74.9 cm³/mol. The van der Waals surface area contributed by atoms with Gasteiger partial charge in [0.1, 0.15) is 12.3 Å². The molecular weight excluding hydrogens is 240 g/mol. The summed E-state index contributed by atoms with van der Waals surface area (Å²) in [5, 5.41) is 12.5. The summed E-state index contributed by atoms with van der Waals surface area (Å²) in [5.74, 6) is 0. The smallest absolute Gasteiger partial charge is 0.140 e. The average molecular weight is 256 g/mol. The number of benzene rings is 1. The van der Waals surface area contributed by atoms with Gasteiger partial charge in [-0.05, 0) is 18.6 Å². The van der Waals surface area contributed by atoms with Crippen molar-refractivity contribution in [2.75, 3.05) is 13.2 Å². The molecule has 1 N–H and O–H groups in total. The van der Waals surface area contributed by atoms with Crippen LogP contribution in [0.15, 0.2) is 53.8 Å². The Morgan fingerprint density at radius 2 is 1.95 bits per heavy atom. The van der Waals surface area contributed by atoms with Gasteiger partial charge in [-0.15, -0.1) is 0 Å². The molecule has 1 heterocycles. The quantitative estimate of drug-likeness (QED) is 0.508. The molecule has 0 spiro atoms. The minimum atomic E-state index is -0.0445. The summed E-state index contributed by atoms with van der Waals surface area (Å²) in [4.78, 5) is 9.27. The van der Waals surface area contributed by atoms with E-state index in [0.717, 1.165) is 16.8 Å². The molecule has 2 rings (SSSR count). The Morgan fingerprint density at radius 1 is 1.16 bits per heavy atom. The molecule has 19 heavy (non-hydrogen) atoms. The molecule has 0 amide bonds. The second-order valence-corrected chi connectivity index (χ2v) is 4.03. The molecule has 0 radical (unpaired) electrons. The van der Waals surface area contributed by atoms with Crippen LogP contribution in [0.5, 0.6) is 0 Å². The number of aliphatic hydroxyl groups excluding tert-OH is 1. The van der Waals surface area contributed by atoms with Crippen LogP contribution in [0.25, 0.3) is 11.1 Å². The normalized spacial score (nSPS) is 11.4. The third kappa shape index (κ3) is 3.63. The lowest BCUT2D eigenvalue weighted by molar-refractivity contribution is 0.0986. The van der Waals surface area contributed by atoms with Crippen LogP contribution in [0.2, 0.25) is 0 Å². The summed E-state index contributed by atoms with van der Waals surface area (Å²) in [6.07, 6.45) is 1.82. The molecule has 0 bridgehead atoms. The van der Waals surface area contributed by atoms with E-state index in [1.807, 2.05) is 55.6 Å². The Hall–Kier alpha value is -2.20. The van der Waals surface area contributed by atoms with Crippen molar-refractivity contribution in [1.82, 2.24) is 4.98 Å². The Morgan fingerprint density at radius 3 is 2.58 bits per heavy atom. The van der Waals surface area contributed by atoms with Gasteiger partial charge < -0.3 is 9.94 Å². The van der Waals surface area contributed by atoms with Gasteiger partial charge >= 0.3 is 0 Å². The van der Waals surface area contributed by atoms with E-state index in [4.69, 9.17) is 9.94 Å². The highest BCUT2D eigenvalue weighted by Crippen LogP contribution is 2.17. The summed E-state index contributed by atoms with van der Waals surface area (Å²) >= 11 is 0. The van der Waals surface area contributed by atoms with E-state index < -0.39 is 0 Å². The van der Waals surface area contributed by atoms with Crippen LogP contribution in [0.4, 0.5) is 0 Å². The van der Waals surface area contributed by atoms with E-state index in [1.165, 1.54) is 0 Å². The van der Waals surface area contributed by atoms with Crippen LogP contribution < -0.4 is 0 Å². The van der Waals surface area contributed by atoms with Crippen LogP contribution in [-0.2, 0) is 4.84 Å². The van der Waals surface area contributed by atoms with Crippen LogP contribution in [0.3, 0.4) is 0 Å². The van der Waals surface area contributed by atoms with E-state index in [-0.39, 0.29) is 13.2 Å². The minimum absolute atomic E-state index is 0.0445. The van der Waals surface area contributed by atoms with Gasteiger partial charge in [-0.25, -0.2) is 0 Å². The molecule has 0 unspecified atom stereocenters. The number of aliphatic hydroxyl groups is 1. The molecule has 2 aromatic rings. The number of rotatable bonds is 5. The van der Waals surface area contributed by atoms with Crippen molar-refractivity contribution in [3.8, 4) is 11.1 Å². The van der Waals surface area contributed by atoms with E-state index in [1.54, 1.807) is 0 Å². The Balaban J connectivity index is 2.12. The van der Waals surface area contributed by atoms with E-state index in [0.29, 0.717) is 5.71 Å². The first-order valence-corrected chi connectivity index (χ1v) is 6.10. The van der Waals surface area contributed by atoms with Gasteiger partial charge in [0.2, 0.25) is 0 Å². The van der Waals surface area contributed by atoms with Crippen molar-refractivity contribution in [1.29, 1.82) is 0 Å². The molecule has 0 saturated heterocycles. The highest BCUT2D eigenvalue weighted by Gasteiger charge is 2.02. The van der Waals surface area contributed by atoms with Crippen LogP contribution in [-0.4, -0.2) is 29.0 Å². The molecule has 1 aromatic carbocycles. The second kappa shape index (κ2) is 6.66. The van der Waals surface area contributed by atoms with E-state index >= 15 is 0 Å². The SMILES string of the molecule is CC(=NOCCO)c1ccc(-c2ccccc2)cn1. The zero-order valence-corrected chi connectivity index (χ0v) is 10.8. The third-order valence-corrected chi connectivity index (χ3v) is 2.63. The molecule has 1 aromatic heterocycles. The van der Waals surface area contributed by atoms with Crippen molar-refractivity contribution < 1.29 is 9.94 Å². The summed E-state index contributed by atoms with van der Waals surface area (Å²) in [5.41, 5.74) is 3.65. The molecule has 0 fully saturated rings. The van der Waals surface area contributed by atoms with Gasteiger partial charge in [-0.3, -0.25) is 4.98 Å². The molecule has 0 atom stereocenters.